The molecule has 19 nitrogen and oxygen atoms in total. The number of hydrogen-bond acceptors (Lipinski definition) is 18. The van der Waals surface area contributed by atoms with E-state index in [9.17, 15) is 43.5 Å². The molecule has 1 amide bonds. The summed E-state index contributed by atoms with van der Waals surface area (Å²) >= 11 is 0. The van der Waals surface area contributed by atoms with Crippen molar-refractivity contribution >= 4 is 47.7 Å². The molecule has 2 rings (SSSR count). The quantitative estimate of drug-likeness (QED) is 0.147. The lowest BCUT2D eigenvalue weighted by molar-refractivity contribution is -0.330. The Morgan fingerprint density at radius 3 is 1.78 bits per heavy atom. The summed E-state index contributed by atoms with van der Waals surface area (Å²) in [5.74, 6) is -7.71. The van der Waals surface area contributed by atoms with Gasteiger partial charge in [-0.25, -0.2) is 0 Å². The third-order valence-electron chi connectivity index (χ3n) is 7.35. The van der Waals surface area contributed by atoms with Gasteiger partial charge in [-0.15, -0.1) is 0 Å². The number of hydrogen-bond donors (Lipinski definition) is 2. The van der Waals surface area contributed by atoms with Crippen LogP contribution in [0.5, 0.6) is 0 Å². The summed E-state index contributed by atoms with van der Waals surface area (Å²) in [6, 6.07) is 8.41. The van der Waals surface area contributed by atoms with Crippen LogP contribution in [-0.2, 0) is 87.4 Å². The fraction of sp³-hybridized carbons (Fsp3) is 0.600. The molecule has 300 valence electrons. The van der Waals surface area contributed by atoms with Crippen LogP contribution in [0.15, 0.2) is 30.3 Å². The molecule has 1 aromatic rings. The molecule has 0 bridgehead atoms. The van der Waals surface area contributed by atoms with Crippen molar-refractivity contribution in [1.82, 2.24) is 5.32 Å². The van der Waals surface area contributed by atoms with Gasteiger partial charge in [-0.2, -0.15) is 0 Å². The summed E-state index contributed by atoms with van der Waals surface area (Å²) in [5, 5.41) is 13.8. The number of aliphatic hydroxyl groups excluding tert-OH is 1. The molecular formula is C35H47NO18. The van der Waals surface area contributed by atoms with Crippen molar-refractivity contribution in [2.24, 2.45) is 0 Å². The van der Waals surface area contributed by atoms with Crippen LogP contribution in [0.2, 0.25) is 0 Å². The molecule has 1 aliphatic heterocycles. The third-order valence-corrected chi connectivity index (χ3v) is 7.35. The summed E-state index contributed by atoms with van der Waals surface area (Å²) in [7, 11) is 0. The molecule has 1 heterocycles. The molecule has 0 aromatic heterocycles. The van der Waals surface area contributed by atoms with Crippen molar-refractivity contribution in [3.8, 4) is 0 Å². The first-order chi connectivity index (χ1) is 25.3. The third kappa shape index (κ3) is 15.1. The van der Waals surface area contributed by atoms with Crippen molar-refractivity contribution in [2.45, 2.75) is 123 Å². The summed E-state index contributed by atoms with van der Waals surface area (Å²) < 4.78 is 49.2. The highest BCUT2D eigenvalue weighted by Crippen LogP contribution is 2.31. The zero-order chi connectivity index (χ0) is 40.7. The van der Waals surface area contributed by atoms with Crippen LogP contribution in [0.3, 0.4) is 0 Å². The maximum Gasteiger partial charge on any atom is 0.303 e. The Bertz CT molecular complexity index is 1480. The summed E-state index contributed by atoms with van der Waals surface area (Å²) in [5.41, 5.74) is 0.835. The normalized spacial score (nSPS) is 22.1. The monoisotopic (exact) mass is 769 g/mol. The van der Waals surface area contributed by atoms with Crippen LogP contribution < -0.4 is 5.32 Å². The largest absolute Gasteiger partial charge is 0.463 e. The van der Waals surface area contributed by atoms with Gasteiger partial charge in [0, 0.05) is 54.5 Å². The molecule has 10 atom stereocenters. The number of ether oxygens (including phenoxy) is 9. The van der Waals surface area contributed by atoms with E-state index in [4.69, 9.17) is 42.6 Å². The van der Waals surface area contributed by atoms with E-state index in [2.05, 4.69) is 5.32 Å². The average Bonchev–Trinajstić information content (AvgIpc) is 3.05. The van der Waals surface area contributed by atoms with Crippen LogP contribution >= 0.6 is 0 Å². The Morgan fingerprint density at radius 2 is 1.26 bits per heavy atom. The van der Waals surface area contributed by atoms with Gasteiger partial charge in [0.05, 0.1) is 0 Å². The lowest BCUT2D eigenvalue weighted by atomic mass is 9.97. The molecule has 0 radical (unpaired) electrons. The molecule has 0 saturated carbocycles. The zero-order valence-corrected chi connectivity index (χ0v) is 31.2. The Kier molecular flexibility index (Phi) is 18.0. The number of rotatable bonds is 18. The minimum Gasteiger partial charge on any atom is -0.463 e. The van der Waals surface area contributed by atoms with Crippen LogP contribution in [0.25, 0.3) is 0 Å². The predicted molar refractivity (Wildman–Crippen MR) is 178 cm³/mol. The highest BCUT2D eigenvalue weighted by Gasteiger charge is 2.54. The van der Waals surface area contributed by atoms with Crippen LogP contribution in [0.4, 0.5) is 0 Å². The highest BCUT2D eigenvalue weighted by atomic mass is 16.7. The lowest BCUT2D eigenvalue weighted by Crippen LogP contribution is -2.64. The zero-order valence-electron chi connectivity index (χ0n) is 31.2. The topological polar surface area (TPSA) is 252 Å². The van der Waals surface area contributed by atoms with E-state index < -0.39 is 122 Å². The summed E-state index contributed by atoms with van der Waals surface area (Å²) in [6.45, 7) is 7.11. The molecular weight excluding hydrogens is 722 g/mol. The van der Waals surface area contributed by atoms with Crippen molar-refractivity contribution in [3.05, 3.63) is 35.9 Å². The minimum atomic E-state index is -2.06. The first-order valence-electron chi connectivity index (χ1n) is 16.7. The standard InChI is InChI=1S/C35H47NO18/c1-17(14-25-12-10-9-11-13-25)36-34(45)32(51-23(7)42)31(50-22(6)41)29(27(48-20(4)39)16-47-19(3)38)54-35-33(52-24(8)43)30(49-21(5)40)28(44)26(53-35)15-46-18(2)37/h9-13,17,26-33,35,44H,14-16H2,1-8H3,(H,36,45)/t17-,26+,27+,28-,29+,30-,31-,32+,33+,35-/m0/s1. The van der Waals surface area contributed by atoms with E-state index in [-0.39, 0.29) is 0 Å². The van der Waals surface area contributed by atoms with Crippen molar-refractivity contribution in [2.75, 3.05) is 13.2 Å². The smallest absolute Gasteiger partial charge is 0.303 e. The predicted octanol–water partition coefficient (Wildman–Crippen LogP) is -0.0105. The second kappa shape index (κ2) is 21.5. The van der Waals surface area contributed by atoms with Gasteiger partial charge in [-0.1, -0.05) is 30.3 Å². The molecule has 1 aliphatic rings. The molecule has 1 aromatic carbocycles. The number of nitrogens with one attached hydrogen (secondary N) is 1. The Morgan fingerprint density at radius 1 is 0.704 bits per heavy atom. The van der Waals surface area contributed by atoms with E-state index in [0.29, 0.717) is 6.42 Å². The lowest BCUT2D eigenvalue weighted by Gasteiger charge is -2.45. The van der Waals surface area contributed by atoms with Gasteiger partial charge >= 0.3 is 41.8 Å². The van der Waals surface area contributed by atoms with Gasteiger partial charge < -0.3 is 53.1 Å². The van der Waals surface area contributed by atoms with Gasteiger partial charge in [0.2, 0.25) is 6.10 Å². The first kappa shape index (κ1) is 45.0. The fourth-order valence-corrected chi connectivity index (χ4v) is 5.41. The molecule has 0 aliphatic carbocycles. The van der Waals surface area contributed by atoms with Gasteiger partial charge in [-0.05, 0) is 18.9 Å². The average molecular weight is 770 g/mol. The van der Waals surface area contributed by atoms with E-state index in [1.807, 2.05) is 12.1 Å². The molecule has 54 heavy (non-hydrogen) atoms. The number of benzene rings is 1. The minimum absolute atomic E-state index is 0.309. The number of esters is 7. The maximum atomic E-state index is 14.0. The van der Waals surface area contributed by atoms with Gasteiger partial charge in [0.1, 0.15) is 31.5 Å². The van der Waals surface area contributed by atoms with Crippen LogP contribution in [-0.4, -0.2) is 127 Å². The highest BCUT2D eigenvalue weighted by molar-refractivity contribution is 5.85. The summed E-state index contributed by atoms with van der Waals surface area (Å²) in [6.07, 6.45) is -16.6. The van der Waals surface area contributed by atoms with Gasteiger partial charge in [0.15, 0.2) is 30.7 Å². The number of carbonyl (C=O) groups is 8. The second-order valence-corrected chi connectivity index (χ2v) is 12.2. The second-order valence-electron chi connectivity index (χ2n) is 12.2. The Hall–Kier alpha value is -5.14. The summed E-state index contributed by atoms with van der Waals surface area (Å²) in [4.78, 5) is 99.7. The first-order valence-corrected chi connectivity index (χ1v) is 16.7. The molecule has 0 spiro atoms. The SMILES string of the molecule is CC(=O)OC[C@H]1O[C@@H](O[C@@H]([C@H](OC(C)=O)[C@@H](OC(C)=O)C(=O)N[C@@H](C)Cc2ccccc2)[C@@H](COC(C)=O)OC(C)=O)[C@H](OC(C)=O)[C@@H](OC(C)=O)[C@H]1O. The molecule has 1 fully saturated rings. The van der Waals surface area contributed by atoms with E-state index in [1.54, 1.807) is 25.1 Å². The van der Waals surface area contributed by atoms with Gasteiger partial charge in [-0.3, -0.25) is 38.4 Å². The Labute approximate surface area is 311 Å². The molecule has 1 saturated heterocycles. The van der Waals surface area contributed by atoms with E-state index in [1.165, 1.54) is 0 Å². The van der Waals surface area contributed by atoms with E-state index >= 15 is 0 Å². The molecule has 2 N–H and O–H groups in total. The van der Waals surface area contributed by atoms with Crippen molar-refractivity contribution in [1.29, 1.82) is 0 Å². The van der Waals surface area contributed by atoms with E-state index in [0.717, 1.165) is 54.0 Å². The van der Waals surface area contributed by atoms with Crippen LogP contribution in [0.1, 0.15) is 61.0 Å². The number of aliphatic hydroxyl groups is 1. The number of carbonyl (C=O) groups excluding carboxylic acids is 8. The van der Waals surface area contributed by atoms with Gasteiger partial charge in [0.25, 0.3) is 5.91 Å². The fourth-order valence-electron chi connectivity index (χ4n) is 5.41. The molecule has 0 unspecified atom stereocenters. The van der Waals surface area contributed by atoms with Crippen molar-refractivity contribution in [3.63, 3.8) is 0 Å². The number of amides is 1. The maximum absolute atomic E-state index is 14.0. The van der Waals surface area contributed by atoms with Crippen LogP contribution in [0, 0.1) is 0 Å². The Balaban J connectivity index is 2.80. The van der Waals surface area contributed by atoms with Crippen molar-refractivity contribution < 1.29 is 86.1 Å². The molecule has 19 heteroatoms.